The summed E-state index contributed by atoms with van der Waals surface area (Å²) >= 11 is 6.47. The molecule has 1 aromatic rings. The monoisotopic (exact) mass is 450 g/mol. The fourth-order valence-electron chi connectivity index (χ4n) is 4.04. The molecule has 1 fully saturated rings. The van der Waals surface area contributed by atoms with Crippen molar-refractivity contribution in [1.29, 1.82) is 0 Å². The summed E-state index contributed by atoms with van der Waals surface area (Å²) in [6, 6.07) is 8.02. The van der Waals surface area contributed by atoms with Crippen LogP contribution in [-0.2, 0) is 22.6 Å². The Bertz CT molecular complexity index is 732. The fraction of sp³-hybridized carbons (Fsp3) is 0.560. The first-order chi connectivity index (χ1) is 14.9. The van der Waals surface area contributed by atoms with Crippen LogP contribution in [-0.4, -0.2) is 45.5 Å². The molecule has 5 nitrogen and oxygen atoms in total. The molecule has 0 heterocycles. The van der Waals surface area contributed by atoms with Crippen LogP contribution >= 0.6 is 11.6 Å². The lowest BCUT2D eigenvalue weighted by atomic mass is 9.90. The highest BCUT2D eigenvalue weighted by Crippen LogP contribution is 2.39. The van der Waals surface area contributed by atoms with E-state index in [0.29, 0.717) is 32.5 Å². The molecule has 0 spiro atoms. The van der Waals surface area contributed by atoms with Crippen molar-refractivity contribution in [2.75, 3.05) is 6.61 Å². The standard InChI is InChI=1S/C25H35ClO5/c1-2-31-17-19-9-7-8-18(14-19)15-20(27)12-13-22-21(23(26)16-24(22)28)10-5-3-4-6-11-25(29)30/h3,5,7-9,12-14,20-24,27-28H,2,4,6,10-11,15-17H2,1H3,(H,29,30)/t20-,21-,22-,23?,24-/m1/s1. The first-order valence-electron chi connectivity index (χ1n) is 11.1. The molecular formula is C25H35ClO5. The van der Waals surface area contributed by atoms with E-state index in [1.54, 1.807) is 6.08 Å². The first kappa shape index (κ1) is 25.6. The second kappa shape index (κ2) is 13.7. The number of hydrogen-bond donors (Lipinski definition) is 3. The molecule has 2 rings (SSSR count). The van der Waals surface area contributed by atoms with Crippen molar-refractivity contribution < 1.29 is 24.9 Å². The van der Waals surface area contributed by atoms with E-state index in [9.17, 15) is 15.0 Å². The minimum atomic E-state index is -0.780. The molecule has 1 unspecified atom stereocenters. The molecule has 172 valence electrons. The molecule has 0 radical (unpaired) electrons. The van der Waals surface area contributed by atoms with Crippen molar-refractivity contribution in [1.82, 2.24) is 0 Å². The molecular weight excluding hydrogens is 416 g/mol. The van der Waals surface area contributed by atoms with Gasteiger partial charge in [0.1, 0.15) is 0 Å². The number of aliphatic hydroxyl groups is 2. The van der Waals surface area contributed by atoms with Gasteiger partial charge < -0.3 is 20.1 Å². The number of aliphatic carboxylic acids is 1. The second-order valence-corrected chi connectivity index (χ2v) is 8.73. The van der Waals surface area contributed by atoms with Crippen LogP contribution in [0.3, 0.4) is 0 Å². The van der Waals surface area contributed by atoms with Crippen LogP contribution in [0, 0.1) is 11.8 Å². The van der Waals surface area contributed by atoms with Gasteiger partial charge >= 0.3 is 5.97 Å². The van der Waals surface area contributed by atoms with E-state index in [4.69, 9.17) is 21.4 Å². The van der Waals surface area contributed by atoms with Crippen LogP contribution in [0.1, 0.15) is 50.2 Å². The molecule has 0 bridgehead atoms. The average Bonchev–Trinajstić information content (AvgIpc) is 2.99. The van der Waals surface area contributed by atoms with Gasteiger partial charge in [0.15, 0.2) is 0 Å². The van der Waals surface area contributed by atoms with Crippen LogP contribution < -0.4 is 0 Å². The summed E-state index contributed by atoms with van der Waals surface area (Å²) in [4.78, 5) is 10.6. The van der Waals surface area contributed by atoms with Crippen LogP contribution in [0.25, 0.3) is 0 Å². The van der Waals surface area contributed by atoms with Gasteiger partial charge in [-0.15, -0.1) is 11.6 Å². The summed E-state index contributed by atoms with van der Waals surface area (Å²) in [5.74, 6) is -0.798. The van der Waals surface area contributed by atoms with Crippen molar-refractivity contribution >= 4 is 17.6 Å². The lowest BCUT2D eigenvalue weighted by molar-refractivity contribution is -0.137. The number of carboxylic acids is 1. The van der Waals surface area contributed by atoms with Gasteiger partial charge in [0.25, 0.3) is 0 Å². The van der Waals surface area contributed by atoms with Gasteiger partial charge in [0.05, 0.1) is 18.8 Å². The number of unbranched alkanes of at least 4 members (excludes halogenated alkanes) is 1. The van der Waals surface area contributed by atoms with Crippen molar-refractivity contribution in [2.24, 2.45) is 11.8 Å². The predicted molar refractivity (Wildman–Crippen MR) is 123 cm³/mol. The molecule has 0 saturated heterocycles. The number of rotatable bonds is 13. The van der Waals surface area contributed by atoms with Gasteiger partial charge in [-0.05, 0) is 49.7 Å². The molecule has 1 aromatic carbocycles. The Hall–Kier alpha value is -1.66. The molecule has 1 saturated carbocycles. The number of aliphatic hydroxyl groups excluding tert-OH is 2. The first-order valence-corrected chi connectivity index (χ1v) is 11.5. The number of halogens is 1. The fourth-order valence-corrected chi connectivity index (χ4v) is 4.49. The zero-order chi connectivity index (χ0) is 22.6. The molecule has 6 heteroatoms. The van der Waals surface area contributed by atoms with Crippen LogP contribution in [0.4, 0.5) is 0 Å². The molecule has 0 aromatic heterocycles. The van der Waals surface area contributed by atoms with Crippen LogP contribution in [0.5, 0.6) is 0 Å². The SMILES string of the molecule is CCOCc1cccc(C[C@H](O)C=C[C@H]2[C@H](O)CC(Cl)[C@@H]2CC=CCCCC(=O)O)c1. The molecule has 3 N–H and O–H groups in total. The van der Waals surface area contributed by atoms with E-state index in [2.05, 4.69) is 0 Å². The number of allylic oxidation sites excluding steroid dienone is 2. The minimum absolute atomic E-state index is 0.0883. The Kier molecular flexibility index (Phi) is 11.3. The maximum absolute atomic E-state index is 10.6. The third kappa shape index (κ3) is 9.16. The van der Waals surface area contributed by atoms with Crippen molar-refractivity contribution in [3.05, 3.63) is 59.7 Å². The van der Waals surface area contributed by atoms with E-state index in [0.717, 1.165) is 24.0 Å². The van der Waals surface area contributed by atoms with Gasteiger partial charge in [-0.3, -0.25) is 4.79 Å². The van der Waals surface area contributed by atoms with E-state index in [-0.39, 0.29) is 23.6 Å². The summed E-state index contributed by atoms with van der Waals surface area (Å²) in [7, 11) is 0. The molecule has 1 aliphatic carbocycles. The number of hydrogen-bond acceptors (Lipinski definition) is 4. The Morgan fingerprint density at radius 3 is 2.84 bits per heavy atom. The van der Waals surface area contributed by atoms with E-state index in [1.165, 1.54) is 0 Å². The van der Waals surface area contributed by atoms with E-state index in [1.807, 2.05) is 49.4 Å². The zero-order valence-corrected chi connectivity index (χ0v) is 19.0. The van der Waals surface area contributed by atoms with Crippen molar-refractivity contribution in [3.8, 4) is 0 Å². The summed E-state index contributed by atoms with van der Waals surface area (Å²) in [5, 5.41) is 29.5. The summed E-state index contributed by atoms with van der Waals surface area (Å²) in [6.07, 6.45) is 9.78. The number of carbonyl (C=O) groups is 1. The highest BCUT2D eigenvalue weighted by atomic mass is 35.5. The normalized spacial score (nSPS) is 24.9. The minimum Gasteiger partial charge on any atom is -0.481 e. The topological polar surface area (TPSA) is 87.0 Å². The van der Waals surface area contributed by atoms with Gasteiger partial charge in [-0.1, -0.05) is 48.6 Å². The smallest absolute Gasteiger partial charge is 0.303 e. The molecule has 0 aliphatic heterocycles. The maximum Gasteiger partial charge on any atom is 0.303 e. The molecule has 1 aliphatic rings. The summed E-state index contributed by atoms with van der Waals surface area (Å²) in [6.45, 7) is 3.19. The Labute approximate surface area is 190 Å². The maximum atomic E-state index is 10.6. The number of benzene rings is 1. The lowest BCUT2D eigenvalue weighted by Crippen LogP contribution is -2.19. The number of alkyl halides is 1. The van der Waals surface area contributed by atoms with Gasteiger partial charge in [-0.25, -0.2) is 0 Å². The van der Waals surface area contributed by atoms with Crippen LogP contribution in [0.15, 0.2) is 48.6 Å². The Morgan fingerprint density at radius 2 is 2.10 bits per heavy atom. The van der Waals surface area contributed by atoms with Crippen molar-refractivity contribution in [3.63, 3.8) is 0 Å². The Balaban J connectivity index is 1.89. The second-order valence-electron chi connectivity index (χ2n) is 8.17. The molecule has 5 atom stereocenters. The van der Waals surface area contributed by atoms with Gasteiger partial charge in [-0.2, -0.15) is 0 Å². The average molecular weight is 451 g/mol. The number of ether oxygens (including phenoxy) is 1. The largest absolute Gasteiger partial charge is 0.481 e. The zero-order valence-electron chi connectivity index (χ0n) is 18.2. The molecule has 0 amide bonds. The summed E-state index contributed by atoms with van der Waals surface area (Å²) in [5.41, 5.74) is 2.12. The van der Waals surface area contributed by atoms with E-state index >= 15 is 0 Å². The molecule has 31 heavy (non-hydrogen) atoms. The van der Waals surface area contributed by atoms with E-state index < -0.39 is 18.2 Å². The summed E-state index contributed by atoms with van der Waals surface area (Å²) < 4.78 is 5.44. The predicted octanol–water partition coefficient (Wildman–Crippen LogP) is 4.49. The quantitative estimate of drug-likeness (QED) is 0.234. The van der Waals surface area contributed by atoms with Gasteiger partial charge in [0.2, 0.25) is 0 Å². The third-order valence-corrected chi connectivity index (χ3v) is 6.17. The highest BCUT2D eigenvalue weighted by Gasteiger charge is 2.39. The number of carboxylic acid groups (broad SMARTS) is 1. The lowest BCUT2D eigenvalue weighted by Gasteiger charge is -2.19. The van der Waals surface area contributed by atoms with Gasteiger partial charge in [0, 0.05) is 30.7 Å². The highest BCUT2D eigenvalue weighted by molar-refractivity contribution is 6.21. The van der Waals surface area contributed by atoms with Crippen LogP contribution in [0.2, 0.25) is 0 Å². The third-order valence-electron chi connectivity index (χ3n) is 5.67. The Morgan fingerprint density at radius 1 is 1.32 bits per heavy atom. The van der Waals surface area contributed by atoms with Crippen molar-refractivity contribution in [2.45, 2.75) is 69.6 Å².